The highest BCUT2D eigenvalue weighted by atomic mass is 32.1. The van der Waals surface area contributed by atoms with Crippen molar-refractivity contribution in [1.29, 1.82) is 0 Å². The van der Waals surface area contributed by atoms with Gasteiger partial charge in [0.2, 0.25) is 11.6 Å². The highest BCUT2D eigenvalue weighted by molar-refractivity contribution is 7.19. The lowest BCUT2D eigenvalue weighted by molar-refractivity contribution is -0.124. The maximum Gasteiger partial charge on any atom is 0.272 e. The molecule has 4 aromatic rings. The number of ether oxygens (including phenoxy) is 4. The maximum atomic E-state index is 12.5. The number of aromatic nitrogens is 3. The number of nitrogen functional groups attached to an aromatic ring is 1. The van der Waals surface area contributed by atoms with Gasteiger partial charge in [0, 0.05) is 35.7 Å². The molecule has 0 radical (unpaired) electrons. The summed E-state index contributed by atoms with van der Waals surface area (Å²) in [5.41, 5.74) is 9.12. The van der Waals surface area contributed by atoms with Crippen LogP contribution in [0.2, 0.25) is 0 Å². The summed E-state index contributed by atoms with van der Waals surface area (Å²) in [4.78, 5) is 22.0. The summed E-state index contributed by atoms with van der Waals surface area (Å²) >= 11 is 1.26. The van der Waals surface area contributed by atoms with Gasteiger partial charge in [-0.3, -0.25) is 4.79 Å². The second-order valence-electron chi connectivity index (χ2n) is 8.72. The summed E-state index contributed by atoms with van der Waals surface area (Å²) in [5.74, 6) is 2.13. The molecule has 204 valence electrons. The number of nitrogens with two attached hydrogens (primary N) is 1. The highest BCUT2D eigenvalue weighted by Gasteiger charge is 2.24. The molecule has 2 aromatic heterocycles. The fourth-order valence-corrected chi connectivity index (χ4v) is 5.01. The number of aryl methyl sites for hydroxylation is 1. The van der Waals surface area contributed by atoms with Crippen LogP contribution in [-0.4, -0.2) is 55.1 Å². The zero-order valence-corrected chi connectivity index (χ0v) is 22.7. The average molecular weight is 553 g/mol. The Bertz CT molecular complexity index is 1470. The predicted octanol–water partition coefficient (Wildman–Crippen LogP) is 4.64. The van der Waals surface area contributed by atoms with Gasteiger partial charge < -0.3 is 39.8 Å². The van der Waals surface area contributed by atoms with Gasteiger partial charge in [-0.25, -0.2) is 4.98 Å². The molecule has 0 aliphatic carbocycles. The zero-order chi connectivity index (χ0) is 27.5. The van der Waals surface area contributed by atoms with Crippen LogP contribution in [0.5, 0.6) is 17.2 Å². The molecule has 3 heterocycles. The van der Waals surface area contributed by atoms with Gasteiger partial charge in [0.25, 0.3) is 11.8 Å². The van der Waals surface area contributed by atoms with Gasteiger partial charge in [-0.15, -0.1) is 0 Å². The minimum absolute atomic E-state index is 0.166. The van der Waals surface area contributed by atoms with E-state index in [4.69, 9.17) is 29.2 Å². The summed E-state index contributed by atoms with van der Waals surface area (Å²) in [7, 11) is 4.63. The lowest BCUT2D eigenvalue weighted by Gasteiger charge is -2.14. The van der Waals surface area contributed by atoms with E-state index in [-0.39, 0.29) is 17.6 Å². The number of nitrogens with one attached hydrogen (secondary N) is 2. The van der Waals surface area contributed by atoms with E-state index in [0.29, 0.717) is 63.0 Å². The first-order valence-electron chi connectivity index (χ1n) is 12.1. The standard InChI is InChI=1S/C26H28N6O6S/c1-13-7-8-14(28-24(33)17-6-5-9-37-17)10-16(13)23-31-25(38-32-23)21-22(27)30-26(39-21)29-15-11-18(34-2)20(36-4)19(12-15)35-3/h7-8,10-12,17H,5-6,9,27H2,1-4H3,(H,28,33)(H,29,30). The van der Waals surface area contributed by atoms with Gasteiger partial charge in [-0.2, -0.15) is 4.98 Å². The summed E-state index contributed by atoms with van der Waals surface area (Å²) in [6.07, 6.45) is 1.16. The van der Waals surface area contributed by atoms with Crippen LogP contribution >= 0.6 is 11.3 Å². The van der Waals surface area contributed by atoms with E-state index in [1.807, 2.05) is 25.1 Å². The molecule has 0 bridgehead atoms. The van der Waals surface area contributed by atoms with Crippen molar-refractivity contribution in [2.45, 2.75) is 25.9 Å². The van der Waals surface area contributed by atoms with Gasteiger partial charge in [0.15, 0.2) is 16.6 Å². The molecule has 0 saturated carbocycles. The lowest BCUT2D eigenvalue weighted by atomic mass is 10.1. The number of benzene rings is 2. The molecule has 2 aromatic carbocycles. The number of hydrogen-bond donors (Lipinski definition) is 3. The van der Waals surface area contributed by atoms with Gasteiger partial charge in [-0.1, -0.05) is 22.6 Å². The number of thiazole rings is 1. The average Bonchev–Trinajstić information content (AvgIpc) is 3.71. The molecule has 1 saturated heterocycles. The molecule has 12 nitrogen and oxygen atoms in total. The molecule has 1 aliphatic rings. The fourth-order valence-electron chi connectivity index (χ4n) is 4.19. The van der Waals surface area contributed by atoms with E-state index in [1.54, 1.807) is 33.5 Å². The van der Waals surface area contributed by atoms with Crippen molar-refractivity contribution in [2.24, 2.45) is 0 Å². The number of amides is 1. The Hall–Kier alpha value is -4.36. The van der Waals surface area contributed by atoms with Crippen molar-refractivity contribution in [3.8, 4) is 39.4 Å². The summed E-state index contributed by atoms with van der Waals surface area (Å²) in [6, 6.07) is 9.05. The number of anilines is 4. The number of carbonyl (C=O) groups is 1. The lowest BCUT2D eigenvalue weighted by Crippen LogP contribution is -2.26. The number of carbonyl (C=O) groups excluding carboxylic acids is 1. The Morgan fingerprint density at radius 2 is 1.85 bits per heavy atom. The van der Waals surface area contributed by atoms with Gasteiger partial charge >= 0.3 is 0 Å². The minimum atomic E-state index is -0.427. The Labute approximate surface area is 228 Å². The second-order valence-corrected chi connectivity index (χ2v) is 9.72. The van der Waals surface area contributed by atoms with Crippen LogP contribution in [0, 0.1) is 6.92 Å². The van der Waals surface area contributed by atoms with Crippen molar-refractivity contribution in [2.75, 3.05) is 44.3 Å². The monoisotopic (exact) mass is 552 g/mol. The Morgan fingerprint density at radius 1 is 1.08 bits per heavy atom. The van der Waals surface area contributed by atoms with Crippen molar-refractivity contribution >= 4 is 39.6 Å². The first-order valence-corrected chi connectivity index (χ1v) is 12.9. The molecule has 1 amide bonds. The molecule has 1 atom stereocenters. The first-order chi connectivity index (χ1) is 18.9. The molecule has 5 rings (SSSR count). The van der Waals surface area contributed by atoms with Crippen LogP contribution in [0.1, 0.15) is 18.4 Å². The third-order valence-electron chi connectivity index (χ3n) is 6.16. The Kier molecular flexibility index (Phi) is 7.52. The molecule has 1 fully saturated rings. The van der Waals surface area contributed by atoms with Gasteiger partial charge in [-0.05, 0) is 37.5 Å². The number of methoxy groups -OCH3 is 3. The topological polar surface area (TPSA) is 156 Å². The molecule has 1 unspecified atom stereocenters. The molecular weight excluding hydrogens is 524 g/mol. The Morgan fingerprint density at radius 3 is 2.51 bits per heavy atom. The SMILES string of the molecule is COc1cc(Nc2nc(N)c(-c3nc(-c4cc(NC(=O)C5CCCO5)ccc4C)no3)s2)cc(OC)c1OC. The minimum Gasteiger partial charge on any atom is -0.493 e. The van der Waals surface area contributed by atoms with E-state index < -0.39 is 6.10 Å². The number of rotatable bonds is 9. The predicted molar refractivity (Wildman–Crippen MR) is 147 cm³/mol. The summed E-state index contributed by atoms with van der Waals surface area (Å²) in [5, 5.41) is 10.8. The van der Waals surface area contributed by atoms with E-state index in [1.165, 1.54) is 11.3 Å². The first kappa shape index (κ1) is 26.3. The normalized spacial score (nSPS) is 14.7. The van der Waals surface area contributed by atoms with Crippen molar-refractivity contribution < 1.29 is 28.3 Å². The van der Waals surface area contributed by atoms with E-state index in [2.05, 4.69) is 25.8 Å². The molecule has 39 heavy (non-hydrogen) atoms. The van der Waals surface area contributed by atoms with Crippen LogP contribution in [0.15, 0.2) is 34.9 Å². The van der Waals surface area contributed by atoms with Crippen LogP contribution in [0.25, 0.3) is 22.2 Å². The third-order valence-corrected chi connectivity index (χ3v) is 7.13. The largest absolute Gasteiger partial charge is 0.493 e. The number of hydrogen-bond acceptors (Lipinski definition) is 12. The van der Waals surface area contributed by atoms with Crippen molar-refractivity contribution in [1.82, 2.24) is 15.1 Å². The Balaban J connectivity index is 1.37. The molecule has 1 aliphatic heterocycles. The maximum absolute atomic E-state index is 12.5. The second kappa shape index (κ2) is 11.2. The molecule has 4 N–H and O–H groups in total. The smallest absolute Gasteiger partial charge is 0.272 e. The van der Waals surface area contributed by atoms with Gasteiger partial charge in [0.05, 0.1) is 21.3 Å². The van der Waals surface area contributed by atoms with Crippen LogP contribution in [-0.2, 0) is 9.53 Å². The zero-order valence-electron chi connectivity index (χ0n) is 21.9. The summed E-state index contributed by atoms with van der Waals surface area (Å²) < 4.78 is 27.2. The quantitative estimate of drug-likeness (QED) is 0.266. The third kappa shape index (κ3) is 5.45. The van der Waals surface area contributed by atoms with Gasteiger partial charge in [0.1, 0.15) is 16.8 Å². The number of nitrogens with zero attached hydrogens (tertiary/aromatic N) is 3. The fraction of sp³-hybridized carbons (Fsp3) is 0.308. The van der Waals surface area contributed by atoms with E-state index in [0.717, 1.165) is 12.0 Å². The van der Waals surface area contributed by atoms with Crippen molar-refractivity contribution in [3.05, 3.63) is 35.9 Å². The van der Waals surface area contributed by atoms with E-state index >= 15 is 0 Å². The van der Waals surface area contributed by atoms with Crippen LogP contribution < -0.4 is 30.6 Å². The summed E-state index contributed by atoms with van der Waals surface area (Å²) in [6.45, 7) is 2.53. The highest BCUT2D eigenvalue weighted by Crippen LogP contribution is 2.42. The van der Waals surface area contributed by atoms with Crippen LogP contribution in [0.3, 0.4) is 0 Å². The van der Waals surface area contributed by atoms with Crippen molar-refractivity contribution in [3.63, 3.8) is 0 Å². The molecule has 13 heteroatoms. The molecular formula is C26H28N6O6S. The van der Waals surface area contributed by atoms with Crippen LogP contribution in [0.4, 0.5) is 22.3 Å². The molecule has 0 spiro atoms. The van der Waals surface area contributed by atoms with E-state index in [9.17, 15) is 4.79 Å².